The van der Waals surface area contributed by atoms with Crippen molar-refractivity contribution >= 4 is 5.91 Å². The van der Waals surface area contributed by atoms with Crippen molar-refractivity contribution in [1.29, 1.82) is 0 Å². The minimum atomic E-state index is -0.674. The molecule has 2 aliphatic rings. The predicted molar refractivity (Wildman–Crippen MR) is 113 cm³/mol. The van der Waals surface area contributed by atoms with Crippen molar-refractivity contribution in [2.24, 2.45) is 5.92 Å². The lowest BCUT2D eigenvalue weighted by molar-refractivity contribution is -0.138. The largest absolute Gasteiger partial charge is 0.497 e. The van der Waals surface area contributed by atoms with Crippen LogP contribution in [0.15, 0.2) is 18.2 Å². The fraction of sp³-hybridized carbons (Fsp3) is 0.696. The monoisotopic (exact) mass is 404 g/mol. The molecule has 2 N–H and O–H groups in total. The van der Waals surface area contributed by atoms with Crippen molar-refractivity contribution in [2.45, 2.75) is 63.5 Å². The topological polar surface area (TPSA) is 71.0 Å². The number of rotatable bonds is 8. The van der Waals surface area contributed by atoms with Gasteiger partial charge in [0, 0.05) is 30.6 Å². The smallest absolute Gasteiger partial charge is 0.234 e. The Hall–Kier alpha value is -1.79. The molecule has 1 saturated heterocycles. The molecule has 0 aromatic heterocycles. The van der Waals surface area contributed by atoms with Crippen molar-refractivity contribution in [3.05, 3.63) is 23.8 Å². The van der Waals surface area contributed by atoms with Crippen LogP contribution in [-0.2, 0) is 4.79 Å². The van der Waals surface area contributed by atoms with Crippen LogP contribution in [-0.4, -0.2) is 55.4 Å². The van der Waals surface area contributed by atoms with Crippen molar-refractivity contribution in [1.82, 2.24) is 10.2 Å². The van der Waals surface area contributed by atoms with Crippen LogP contribution in [0.4, 0.5) is 0 Å². The Balaban J connectivity index is 1.92. The summed E-state index contributed by atoms with van der Waals surface area (Å²) in [6.45, 7) is 3.86. The van der Waals surface area contributed by atoms with Gasteiger partial charge in [0.2, 0.25) is 5.91 Å². The van der Waals surface area contributed by atoms with E-state index in [4.69, 9.17) is 9.47 Å². The van der Waals surface area contributed by atoms with Gasteiger partial charge in [0.15, 0.2) is 0 Å². The first-order chi connectivity index (χ1) is 14.0. The predicted octanol–water partition coefficient (Wildman–Crippen LogP) is 3.29. The maximum Gasteiger partial charge on any atom is 0.234 e. The fourth-order valence-electron chi connectivity index (χ4n) is 5.05. The number of ether oxygens (including phenoxy) is 2. The third-order valence-corrected chi connectivity index (χ3v) is 6.63. The Morgan fingerprint density at radius 2 is 2.10 bits per heavy atom. The van der Waals surface area contributed by atoms with Gasteiger partial charge in [0.05, 0.1) is 26.4 Å². The summed E-state index contributed by atoms with van der Waals surface area (Å²) >= 11 is 0. The number of piperidine rings is 1. The van der Waals surface area contributed by atoms with Crippen LogP contribution < -0.4 is 14.8 Å². The summed E-state index contributed by atoms with van der Waals surface area (Å²) in [5.41, 5.74) is 0.324. The number of fused-ring (bicyclic) bond motifs is 1. The summed E-state index contributed by atoms with van der Waals surface area (Å²) in [4.78, 5) is 14.8. The molecule has 2 fully saturated rings. The second-order valence-electron chi connectivity index (χ2n) is 8.43. The minimum Gasteiger partial charge on any atom is -0.497 e. The lowest BCUT2D eigenvalue weighted by atomic mass is 9.66. The molecule has 6 heteroatoms. The van der Waals surface area contributed by atoms with Crippen LogP contribution in [0.2, 0.25) is 0 Å². The molecule has 1 aromatic rings. The molecule has 29 heavy (non-hydrogen) atoms. The maximum absolute atomic E-state index is 12.6. The Labute approximate surface area is 174 Å². The summed E-state index contributed by atoms with van der Waals surface area (Å²) in [6, 6.07) is 5.74. The van der Waals surface area contributed by atoms with Gasteiger partial charge in [-0.1, -0.05) is 26.2 Å². The molecule has 1 aliphatic carbocycles. The number of aliphatic hydroxyl groups is 1. The molecule has 0 spiro atoms. The van der Waals surface area contributed by atoms with Crippen molar-refractivity contribution in [3.63, 3.8) is 0 Å². The molecule has 0 radical (unpaired) electrons. The Bertz CT molecular complexity index is 695. The van der Waals surface area contributed by atoms with Crippen molar-refractivity contribution in [3.8, 4) is 11.5 Å². The van der Waals surface area contributed by atoms with Crippen LogP contribution in [0.25, 0.3) is 0 Å². The number of benzene rings is 1. The van der Waals surface area contributed by atoms with Crippen LogP contribution in [0, 0.1) is 5.92 Å². The lowest BCUT2D eigenvalue weighted by Crippen LogP contribution is -2.56. The SMILES string of the molecule is CCCCNC(=O)CN1CCC2(O)CCCCC2C1c1cc(OC)ccc1OC. The standard InChI is InChI=1S/C23H36N2O4/c1-4-5-13-24-21(26)16-25-14-12-23(27)11-7-6-8-19(23)22(25)18-15-17(28-2)9-10-20(18)29-3/h9-10,15,19,22,27H,4-8,11-14,16H2,1-3H3,(H,24,26). The van der Waals surface area contributed by atoms with Gasteiger partial charge in [-0.05, 0) is 43.9 Å². The highest BCUT2D eigenvalue weighted by molar-refractivity contribution is 5.78. The molecule has 3 rings (SSSR count). The van der Waals surface area contributed by atoms with E-state index < -0.39 is 5.60 Å². The Morgan fingerprint density at radius 3 is 2.83 bits per heavy atom. The first kappa shape index (κ1) is 21.9. The average Bonchev–Trinajstić information content (AvgIpc) is 2.73. The quantitative estimate of drug-likeness (QED) is 0.651. The molecule has 1 saturated carbocycles. The van der Waals surface area contributed by atoms with E-state index in [1.807, 2.05) is 18.2 Å². The second-order valence-corrected chi connectivity index (χ2v) is 8.43. The average molecular weight is 405 g/mol. The number of amides is 1. The summed E-state index contributed by atoms with van der Waals surface area (Å²) in [7, 11) is 3.32. The van der Waals surface area contributed by atoms with Crippen LogP contribution >= 0.6 is 0 Å². The van der Waals surface area contributed by atoms with E-state index in [0.29, 0.717) is 26.1 Å². The molecule has 1 aromatic carbocycles. The summed E-state index contributed by atoms with van der Waals surface area (Å²) in [5, 5.41) is 14.5. The minimum absolute atomic E-state index is 0.0477. The molecule has 0 bridgehead atoms. The van der Waals surface area contributed by atoms with Gasteiger partial charge < -0.3 is 19.9 Å². The fourth-order valence-corrected chi connectivity index (χ4v) is 5.05. The summed E-state index contributed by atoms with van der Waals surface area (Å²) < 4.78 is 11.2. The van der Waals surface area contributed by atoms with Crippen LogP contribution in [0.5, 0.6) is 11.5 Å². The maximum atomic E-state index is 12.6. The van der Waals surface area contributed by atoms with Gasteiger partial charge in [0.25, 0.3) is 0 Å². The van der Waals surface area contributed by atoms with Gasteiger partial charge in [-0.2, -0.15) is 0 Å². The second kappa shape index (κ2) is 9.81. The van der Waals surface area contributed by atoms with E-state index in [1.54, 1.807) is 14.2 Å². The highest BCUT2D eigenvalue weighted by atomic mass is 16.5. The zero-order chi connectivity index (χ0) is 20.9. The van der Waals surface area contributed by atoms with E-state index in [9.17, 15) is 9.90 Å². The van der Waals surface area contributed by atoms with Gasteiger partial charge in [0.1, 0.15) is 11.5 Å². The zero-order valence-electron chi connectivity index (χ0n) is 18.1. The Kier molecular flexibility index (Phi) is 7.41. The molecule has 1 aliphatic heterocycles. The molecular formula is C23H36N2O4. The number of nitrogens with one attached hydrogen (secondary N) is 1. The van der Waals surface area contributed by atoms with Gasteiger partial charge in [-0.3, -0.25) is 9.69 Å². The molecule has 1 amide bonds. The number of methoxy groups -OCH3 is 2. The van der Waals surface area contributed by atoms with Crippen LogP contribution in [0.1, 0.15) is 63.5 Å². The number of unbranched alkanes of at least 4 members (excludes halogenated alkanes) is 1. The molecule has 3 unspecified atom stereocenters. The van der Waals surface area contributed by atoms with E-state index in [-0.39, 0.29) is 17.9 Å². The highest BCUT2D eigenvalue weighted by Gasteiger charge is 2.49. The Morgan fingerprint density at radius 1 is 1.28 bits per heavy atom. The highest BCUT2D eigenvalue weighted by Crippen LogP contribution is 2.51. The van der Waals surface area contributed by atoms with E-state index in [1.165, 1.54) is 0 Å². The number of hydrogen-bond donors (Lipinski definition) is 2. The van der Waals surface area contributed by atoms with E-state index in [0.717, 1.165) is 55.6 Å². The van der Waals surface area contributed by atoms with Gasteiger partial charge >= 0.3 is 0 Å². The summed E-state index contributed by atoms with van der Waals surface area (Å²) in [6.07, 6.45) is 6.71. The van der Waals surface area contributed by atoms with Gasteiger partial charge in [-0.25, -0.2) is 0 Å². The third-order valence-electron chi connectivity index (χ3n) is 6.63. The third kappa shape index (κ3) is 4.86. The number of likely N-dealkylation sites (tertiary alicyclic amines) is 1. The molecule has 1 heterocycles. The summed E-state index contributed by atoms with van der Waals surface area (Å²) in [5.74, 6) is 1.67. The van der Waals surface area contributed by atoms with E-state index in [2.05, 4.69) is 17.1 Å². The van der Waals surface area contributed by atoms with Crippen molar-refractivity contribution < 1.29 is 19.4 Å². The zero-order valence-corrected chi connectivity index (χ0v) is 18.1. The number of nitrogens with zero attached hydrogens (tertiary/aromatic N) is 1. The van der Waals surface area contributed by atoms with Gasteiger partial charge in [-0.15, -0.1) is 0 Å². The van der Waals surface area contributed by atoms with Crippen molar-refractivity contribution in [2.75, 3.05) is 33.9 Å². The molecule has 162 valence electrons. The first-order valence-corrected chi connectivity index (χ1v) is 11.0. The number of hydrogen-bond acceptors (Lipinski definition) is 5. The molecule has 3 atom stereocenters. The molecular weight excluding hydrogens is 368 g/mol. The number of carbonyl (C=O) groups excluding carboxylic acids is 1. The number of carbonyl (C=O) groups is 1. The molecule has 6 nitrogen and oxygen atoms in total. The van der Waals surface area contributed by atoms with Crippen LogP contribution in [0.3, 0.4) is 0 Å². The normalized spacial score (nSPS) is 27.2. The first-order valence-electron chi connectivity index (χ1n) is 11.0. The lowest BCUT2D eigenvalue weighted by Gasteiger charge is -2.52. The van der Waals surface area contributed by atoms with E-state index >= 15 is 0 Å².